The van der Waals surface area contributed by atoms with Crippen molar-refractivity contribution in [1.29, 1.82) is 0 Å². The molecule has 57 valence electrons. The molecule has 0 aromatic heterocycles. The van der Waals surface area contributed by atoms with Gasteiger partial charge < -0.3 is 4.55 Å². The van der Waals surface area contributed by atoms with Crippen molar-refractivity contribution in [3.63, 3.8) is 0 Å². The quantitative estimate of drug-likeness (QED) is 0.614. The van der Waals surface area contributed by atoms with E-state index in [-0.39, 0.29) is 32.7 Å². The second-order valence-corrected chi connectivity index (χ2v) is 3.16. The van der Waals surface area contributed by atoms with Crippen LogP contribution in [-0.4, -0.2) is 26.2 Å². The van der Waals surface area contributed by atoms with Crippen LogP contribution in [-0.2, 0) is 44.0 Å². The molecule has 0 aromatic carbocycles. The zero-order valence-electron chi connectivity index (χ0n) is 5.78. The maximum Gasteiger partial charge on any atom is 0.0209 e. The van der Waals surface area contributed by atoms with Gasteiger partial charge in [-0.15, -0.1) is 0 Å². The van der Waals surface area contributed by atoms with Crippen molar-refractivity contribution < 1.29 is 41.5 Å². The fraction of sp³-hybridized carbons (Fsp3) is 1.00. The number of piperidine rings is 1. The Morgan fingerprint density at radius 1 is 1.20 bits per heavy atom. The van der Waals surface area contributed by atoms with Crippen molar-refractivity contribution in [2.45, 2.75) is 19.3 Å². The SMILES string of the molecule is O=S([O-])N1CCCCC1.[Y]. The van der Waals surface area contributed by atoms with Crippen LogP contribution in [0.3, 0.4) is 0 Å². The minimum Gasteiger partial charge on any atom is -0.760 e. The van der Waals surface area contributed by atoms with Crippen LogP contribution < -0.4 is 0 Å². The summed E-state index contributed by atoms with van der Waals surface area (Å²) in [4.78, 5) is 0. The Morgan fingerprint density at radius 2 is 1.70 bits per heavy atom. The average Bonchev–Trinajstić information content (AvgIpc) is 1.90. The standard InChI is InChI=1S/C5H11NO2S.Y/c7-9(8)6-4-2-1-3-5-6;/h1-5H2,(H,7,8);/p-1. The molecule has 0 bridgehead atoms. The zero-order chi connectivity index (χ0) is 6.69. The molecular weight excluding hydrogens is 227 g/mol. The van der Waals surface area contributed by atoms with Gasteiger partial charge >= 0.3 is 0 Å². The minimum atomic E-state index is -1.97. The third kappa shape index (κ3) is 3.53. The Balaban J connectivity index is 0.000000810. The first-order valence-electron chi connectivity index (χ1n) is 3.15. The van der Waals surface area contributed by atoms with Crippen molar-refractivity contribution in [3.05, 3.63) is 0 Å². The summed E-state index contributed by atoms with van der Waals surface area (Å²) in [5.74, 6) is 0. The van der Waals surface area contributed by atoms with Crippen LogP contribution in [0, 0.1) is 0 Å². The fourth-order valence-corrected chi connectivity index (χ4v) is 1.57. The molecule has 1 unspecified atom stereocenters. The number of hydrogen-bond acceptors (Lipinski definition) is 2. The first-order chi connectivity index (χ1) is 4.30. The monoisotopic (exact) mass is 237 g/mol. The first kappa shape index (κ1) is 11.2. The Morgan fingerprint density at radius 3 is 2.00 bits per heavy atom. The van der Waals surface area contributed by atoms with Gasteiger partial charge in [-0.25, -0.2) is 4.31 Å². The first-order valence-corrected chi connectivity index (χ1v) is 4.18. The van der Waals surface area contributed by atoms with E-state index >= 15 is 0 Å². The summed E-state index contributed by atoms with van der Waals surface area (Å²) in [7, 11) is 0. The van der Waals surface area contributed by atoms with Crippen molar-refractivity contribution in [3.8, 4) is 0 Å². The molecule has 0 spiro atoms. The van der Waals surface area contributed by atoms with Crippen LogP contribution in [0.2, 0.25) is 0 Å². The maximum atomic E-state index is 10.3. The number of hydrogen-bond donors (Lipinski definition) is 0. The van der Waals surface area contributed by atoms with Crippen LogP contribution in [0.15, 0.2) is 0 Å². The van der Waals surface area contributed by atoms with E-state index < -0.39 is 11.3 Å². The second-order valence-electron chi connectivity index (χ2n) is 2.21. The van der Waals surface area contributed by atoms with Crippen molar-refractivity contribution in [2.75, 3.05) is 13.1 Å². The van der Waals surface area contributed by atoms with E-state index in [1.165, 1.54) is 10.7 Å². The molecule has 0 N–H and O–H groups in total. The maximum absolute atomic E-state index is 10.3. The summed E-state index contributed by atoms with van der Waals surface area (Å²) >= 11 is -1.97. The molecule has 10 heavy (non-hydrogen) atoms. The van der Waals surface area contributed by atoms with E-state index in [2.05, 4.69) is 0 Å². The Bertz CT molecular complexity index is 116. The summed E-state index contributed by atoms with van der Waals surface area (Å²) in [5, 5.41) is 0. The second kappa shape index (κ2) is 5.78. The van der Waals surface area contributed by atoms with Gasteiger partial charge in [-0.3, -0.25) is 4.21 Å². The van der Waals surface area contributed by atoms with Gasteiger partial charge in [0.1, 0.15) is 0 Å². The molecule has 1 aliphatic heterocycles. The van der Waals surface area contributed by atoms with E-state index in [1.54, 1.807) is 0 Å². The molecule has 1 saturated heterocycles. The van der Waals surface area contributed by atoms with E-state index in [1.807, 2.05) is 0 Å². The fourth-order valence-electron chi connectivity index (χ4n) is 1.01. The van der Waals surface area contributed by atoms with Gasteiger partial charge in [0.05, 0.1) is 0 Å². The minimum absolute atomic E-state index is 0. The molecule has 1 atom stereocenters. The van der Waals surface area contributed by atoms with Gasteiger partial charge in [-0.05, 0) is 12.8 Å². The van der Waals surface area contributed by atoms with Crippen molar-refractivity contribution >= 4 is 11.3 Å². The van der Waals surface area contributed by atoms with Crippen LogP contribution in [0.4, 0.5) is 0 Å². The molecule has 1 heterocycles. The normalized spacial score (nSPS) is 23.3. The van der Waals surface area contributed by atoms with Gasteiger partial charge in [0, 0.05) is 57.1 Å². The molecule has 1 rings (SSSR count). The van der Waals surface area contributed by atoms with Crippen LogP contribution in [0.5, 0.6) is 0 Å². The molecule has 1 aliphatic rings. The summed E-state index contributed by atoms with van der Waals surface area (Å²) in [6, 6.07) is 0. The van der Waals surface area contributed by atoms with Crippen LogP contribution in [0.25, 0.3) is 0 Å². The Labute approximate surface area is 88.8 Å². The topological polar surface area (TPSA) is 43.4 Å². The summed E-state index contributed by atoms with van der Waals surface area (Å²) < 4.78 is 22.0. The van der Waals surface area contributed by atoms with E-state index in [9.17, 15) is 8.76 Å². The smallest absolute Gasteiger partial charge is 0.0209 e. The zero-order valence-corrected chi connectivity index (χ0v) is 9.44. The van der Waals surface area contributed by atoms with Crippen LogP contribution in [0.1, 0.15) is 19.3 Å². The molecule has 0 saturated carbocycles. The molecule has 1 radical (unpaired) electrons. The molecular formula is C5H10NO2SY-. The van der Waals surface area contributed by atoms with Gasteiger partial charge in [0.25, 0.3) is 0 Å². The van der Waals surface area contributed by atoms with Gasteiger partial charge in [-0.2, -0.15) is 0 Å². The van der Waals surface area contributed by atoms with Gasteiger partial charge in [-0.1, -0.05) is 6.42 Å². The summed E-state index contributed by atoms with van der Waals surface area (Å²) in [5.41, 5.74) is 0. The molecule has 3 nitrogen and oxygen atoms in total. The van der Waals surface area contributed by atoms with E-state index in [0.29, 0.717) is 0 Å². The van der Waals surface area contributed by atoms with E-state index in [0.717, 1.165) is 25.9 Å². The predicted molar refractivity (Wildman–Crippen MR) is 34.3 cm³/mol. The third-order valence-corrected chi connectivity index (χ3v) is 2.31. The van der Waals surface area contributed by atoms with E-state index in [4.69, 9.17) is 0 Å². The third-order valence-electron chi connectivity index (χ3n) is 1.53. The van der Waals surface area contributed by atoms with Gasteiger partial charge in [0.2, 0.25) is 0 Å². The molecule has 0 aromatic rings. The summed E-state index contributed by atoms with van der Waals surface area (Å²) in [6.07, 6.45) is 3.22. The average molecular weight is 237 g/mol. The van der Waals surface area contributed by atoms with Crippen molar-refractivity contribution in [2.24, 2.45) is 0 Å². The predicted octanol–water partition coefficient (Wildman–Crippen LogP) is 0.264. The van der Waals surface area contributed by atoms with Gasteiger partial charge in [0.15, 0.2) is 0 Å². The molecule has 1 fully saturated rings. The summed E-state index contributed by atoms with van der Waals surface area (Å²) in [6.45, 7) is 1.44. The number of nitrogens with zero attached hydrogens (tertiary/aromatic N) is 1. The molecule has 5 heteroatoms. The molecule has 0 aliphatic carbocycles. The van der Waals surface area contributed by atoms with Crippen LogP contribution >= 0.6 is 0 Å². The largest absolute Gasteiger partial charge is 0.760 e. The van der Waals surface area contributed by atoms with Crippen molar-refractivity contribution in [1.82, 2.24) is 4.31 Å². The molecule has 0 amide bonds. The Kier molecular flexibility index (Phi) is 6.46. The Hall–Kier alpha value is 1.17. The number of rotatable bonds is 1.